The molecule has 0 saturated carbocycles. The Morgan fingerprint density at radius 2 is 2.56 bits per heavy atom. The zero-order valence-electron chi connectivity index (χ0n) is 5.46. The maximum absolute atomic E-state index is 9.70. The van der Waals surface area contributed by atoms with Crippen molar-refractivity contribution in [2.24, 2.45) is 0 Å². The van der Waals surface area contributed by atoms with E-state index in [1.54, 1.807) is 0 Å². The average Bonchev–Trinajstić information content (AvgIpc) is 1.85. The van der Waals surface area contributed by atoms with Gasteiger partial charge in [0.1, 0.15) is 0 Å². The van der Waals surface area contributed by atoms with Crippen molar-refractivity contribution in [1.29, 1.82) is 0 Å². The van der Waals surface area contributed by atoms with Gasteiger partial charge in [-0.1, -0.05) is 0 Å². The molecule has 0 aromatic rings. The van der Waals surface area contributed by atoms with Crippen LogP contribution < -0.4 is 0 Å². The molecule has 0 aromatic heterocycles. The molecule has 50 valence electrons. The highest BCUT2D eigenvalue weighted by Crippen LogP contribution is 1.97. The zero-order valence-corrected chi connectivity index (χ0v) is 5.46. The number of hydrogen-bond acceptors (Lipinski definition) is 2. The van der Waals surface area contributed by atoms with Crippen LogP contribution in [0, 0.1) is 12.3 Å². The third-order valence-corrected chi connectivity index (χ3v) is 0.983. The predicted octanol–water partition coefficient (Wildman–Crippen LogP) is 0.961. The molecule has 1 atom stereocenters. The Hall–Kier alpha value is -0.970. The fourth-order valence-corrected chi connectivity index (χ4v) is 0.449. The first-order valence-electron chi connectivity index (χ1n) is 2.83. The van der Waals surface area contributed by atoms with Crippen LogP contribution in [0.4, 0.5) is 0 Å². The van der Waals surface area contributed by atoms with E-state index >= 15 is 0 Å². The smallest absolute Gasteiger partial charge is 0.293 e. The molecule has 0 fully saturated rings. The molecule has 0 aliphatic heterocycles. The molecule has 0 heterocycles. The Morgan fingerprint density at radius 1 is 1.89 bits per heavy atom. The Balaban J connectivity index is 3.17. The molecule has 0 radical (unpaired) electrons. The van der Waals surface area contributed by atoms with E-state index in [0.717, 1.165) is 6.42 Å². The lowest BCUT2D eigenvalue weighted by atomic mass is 10.2. The number of ether oxygens (including phenoxy) is 1. The lowest BCUT2D eigenvalue weighted by Crippen LogP contribution is -2.05. The topological polar surface area (TPSA) is 26.3 Å². The van der Waals surface area contributed by atoms with Gasteiger partial charge >= 0.3 is 0 Å². The van der Waals surface area contributed by atoms with Gasteiger partial charge < -0.3 is 4.74 Å². The summed E-state index contributed by atoms with van der Waals surface area (Å²) in [6, 6.07) is 0. The van der Waals surface area contributed by atoms with Gasteiger partial charge in [0.25, 0.3) is 6.47 Å². The fraction of sp³-hybridized carbons (Fsp3) is 0.571. The van der Waals surface area contributed by atoms with Crippen molar-refractivity contribution in [3.63, 3.8) is 0 Å². The predicted molar refractivity (Wildman–Crippen MR) is 34.7 cm³/mol. The summed E-state index contributed by atoms with van der Waals surface area (Å²) in [4.78, 5) is 9.70. The van der Waals surface area contributed by atoms with Gasteiger partial charge in [0, 0.05) is 6.42 Å². The average molecular weight is 126 g/mol. The molecule has 1 unspecified atom stereocenters. The second-order valence-electron chi connectivity index (χ2n) is 1.79. The van der Waals surface area contributed by atoms with Crippen molar-refractivity contribution in [3.8, 4) is 12.3 Å². The molecule has 0 saturated heterocycles. The van der Waals surface area contributed by atoms with Crippen LogP contribution >= 0.6 is 0 Å². The molecule has 0 N–H and O–H groups in total. The lowest BCUT2D eigenvalue weighted by Gasteiger charge is -2.04. The van der Waals surface area contributed by atoms with E-state index in [9.17, 15) is 4.79 Å². The third-order valence-electron chi connectivity index (χ3n) is 0.983. The van der Waals surface area contributed by atoms with E-state index in [0.29, 0.717) is 12.9 Å². The van der Waals surface area contributed by atoms with Gasteiger partial charge in [0.05, 0.1) is 6.10 Å². The van der Waals surface area contributed by atoms with Crippen molar-refractivity contribution in [2.45, 2.75) is 25.9 Å². The zero-order chi connectivity index (χ0) is 7.11. The van der Waals surface area contributed by atoms with Gasteiger partial charge in [-0.25, -0.2) is 0 Å². The molecule has 0 aliphatic carbocycles. The summed E-state index contributed by atoms with van der Waals surface area (Å²) in [6.07, 6.45) is 6.34. The molecule has 9 heavy (non-hydrogen) atoms. The van der Waals surface area contributed by atoms with E-state index in [2.05, 4.69) is 10.7 Å². The largest absolute Gasteiger partial charge is 0.465 e. The highest BCUT2D eigenvalue weighted by atomic mass is 16.5. The van der Waals surface area contributed by atoms with Gasteiger partial charge in [-0.15, -0.1) is 12.3 Å². The quantitative estimate of drug-likeness (QED) is 0.414. The number of hydrogen-bond donors (Lipinski definition) is 0. The summed E-state index contributed by atoms with van der Waals surface area (Å²) in [6.45, 7) is 2.26. The maximum atomic E-state index is 9.70. The van der Waals surface area contributed by atoms with Gasteiger partial charge in [-0.05, 0) is 13.3 Å². The third kappa shape index (κ3) is 4.89. The lowest BCUT2D eigenvalue weighted by molar-refractivity contribution is -0.132. The van der Waals surface area contributed by atoms with Crippen LogP contribution in [0.5, 0.6) is 0 Å². The van der Waals surface area contributed by atoms with Crippen molar-refractivity contribution in [2.75, 3.05) is 0 Å². The Morgan fingerprint density at radius 3 is 3.00 bits per heavy atom. The molecule has 0 bridgehead atoms. The number of rotatable bonds is 4. The van der Waals surface area contributed by atoms with Gasteiger partial charge in [0.15, 0.2) is 0 Å². The molecular weight excluding hydrogens is 116 g/mol. The van der Waals surface area contributed by atoms with Crippen LogP contribution in [-0.2, 0) is 9.53 Å². The summed E-state index contributed by atoms with van der Waals surface area (Å²) in [7, 11) is 0. The number of terminal acetylenes is 1. The van der Waals surface area contributed by atoms with Crippen molar-refractivity contribution >= 4 is 6.47 Å². The normalized spacial score (nSPS) is 11.6. The fourth-order valence-electron chi connectivity index (χ4n) is 0.449. The van der Waals surface area contributed by atoms with Gasteiger partial charge in [0.2, 0.25) is 0 Å². The van der Waals surface area contributed by atoms with E-state index in [1.807, 2.05) is 6.92 Å². The Labute approximate surface area is 55.2 Å². The van der Waals surface area contributed by atoms with Crippen molar-refractivity contribution < 1.29 is 9.53 Å². The minimum atomic E-state index is -0.0430. The van der Waals surface area contributed by atoms with Crippen molar-refractivity contribution in [1.82, 2.24) is 0 Å². The van der Waals surface area contributed by atoms with Crippen LogP contribution in [0.2, 0.25) is 0 Å². The standard InChI is InChI=1S/C7H10O2/c1-3-4-5-7(2)9-6-8/h1,6-7H,4-5H2,2H3. The molecule has 0 spiro atoms. The number of carbonyl (C=O) groups excluding carboxylic acids is 1. The van der Waals surface area contributed by atoms with E-state index in [1.165, 1.54) is 0 Å². The molecule has 0 aromatic carbocycles. The van der Waals surface area contributed by atoms with Crippen LogP contribution in [0.25, 0.3) is 0 Å². The molecule has 2 nitrogen and oxygen atoms in total. The first kappa shape index (κ1) is 8.03. The van der Waals surface area contributed by atoms with E-state index < -0.39 is 0 Å². The minimum absolute atomic E-state index is 0.0430. The Bertz CT molecular complexity index is 113. The molecular formula is C7H10O2. The van der Waals surface area contributed by atoms with Crippen LogP contribution in [0.15, 0.2) is 0 Å². The summed E-state index contributed by atoms with van der Waals surface area (Å²) < 4.78 is 4.57. The van der Waals surface area contributed by atoms with Crippen LogP contribution in [0.1, 0.15) is 19.8 Å². The van der Waals surface area contributed by atoms with Gasteiger partial charge in [-0.2, -0.15) is 0 Å². The molecule has 0 amide bonds. The van der Waals surface area contributed by atoms with E-state index in [-0.39, 0.29) is 6.10 Å². The van der Waals surface area contributed by atoms with Crippen LogP contribution in [-0.4, -0.2) is 12.6 Å². The molecule has 2 heteroatoms. The van der Waals surface area contributed by atoms with E-state index in [4.69, 9.17) is 6.42 Å². The minimum Gasteiger partial charge on any atom is -0.465 e. The van der Waals surface area contributed by atoms with Crippen LogP contribution in [0.3, 0.4) is 0 Å². The number of carbonyl (C=O) groups is 1. The molecule has 0 rings (SSSR count). The highest BCUT2D eigenvalue weighted by molar-refractivity contribution is 5.37. The Kier molecular flexibility index (Phi) is 4.61. The summed E-state index contributed by atoms with van der Waals surface area (Å²) in [5, 5.41) is 0. The highest BCUT2D eigenvalue weighted by Gasteiger charge is 1.97. The first-order valence-corrected chi connectivity index (χ1v) is 2.83. The second-order valence-corrected chi connectivity index (χ2v) is 1.79. The molecule has 0 aliphatic rings. The second kappa shape index (κ2) is 5.17. The SMILES string of the molecule is C#CCCC(C)OC=O. The van der Waals surface area contributed by atoms with Crippen molar-refractivity contribution in [3.05, 3.63) is 0 Å². The summed E-state index contributed by atoms with van der Waals surface area (Å²) in [5.74, 6) is 2.46. The van der Waals surface area contributed by atoms with Gasteiger partial charge in [-0.3, -0.25) is 4.79 Å². The summed E-state index contributed by atoms with van der Waals surface area (Å²) >= 11 is 0. The monoisotopic (exact) mass is 126 g/mol. The first-order chi connectivity index (χ1) is 4.31. The maximum Gasteiger partial charge on any atom is 0.293 e. The summed E-state index contributed by atoms with van der Waals surface area (Å²) in [5.41, 5.74) is 0.